The van der Waals surface area contributed by atoms with Gasteiger partial charge in [0.1, 0.15) is 0 Å². The molecule has 2 atom stereocenters. The highest BCUT2D eigenvalue weighted by atomic mass is 79.9. The summed E-state index contributed by atoms with van der Waals surface area (Å²) < 4.78 is 7.80. The van der Waals surface area contributed by atoms with E-state index in [1.165, 1.54) is 18.4 Å². The first-order valence-electron chi connectivity index (χ1n) is 6.49. The van der Waals surface area contributed by atoms with E-state index in [-0.39, 0.29) is 6.04 Å². The summed E-state index contributed by atoms with van der Waals surface area (Å²) in [6.07, 6.45) is 6.19. The van der Waals surface area contributed by atoms with Gasteiger partial charge in [-0.15, -0.1) is 0 Å². The molecule has 2 unspecified atom stereocenters. The SMILES string of the molecule is NC(CCCC1CCCO1)c1cc(Br)ccc1Br. The first-order chi connectivity index (χ1) is 8.66. The van der Waals surface area contributed by atoms with Crippen molar-refractivity contribution in [3.63, 3.8) is 0 Å². The van der Waals surface area contributed by atoms with Crippen LogP contribution in [0.4, 0.5) is 0 Å². The predicted octanol–water partition coefficient (Wildman–Crippen LogP) is 4.56. The summed E-state index contributed by atoms with van der Waals surface area (Å²) in [5, 5.41) is 0. The Morgan fingerprint density at radius 3 is 2.94 bits per heavy atom. The van der Waals surface area contributed by atoms with Crippen molar-refractivity contribution < 1.29 is 4.74 Å². The van der Waals surface area contributed by atoms with Crippen molar-refractivity contribution >= 4 is 31.9 Å². The van der Waals surface area contributed by atoms with Gasteiger partial charge in [-0.25, -0.2) is 0 Å². The van der Waals surface area contributed by atoms with Crippen LogP contribution in [-0.4, -0.2) is 12.7 Å². The zero-order chi connectivity index (χ0) is 13.0. The summed E-state index contributed by atoms with van der Waals surface area (Å²) in [7, 11) is 0. The molecule has 0 bridgehead atoms. The Kier molecular flexibility index (Phi) is 5.67. The van der Waals surface area contributed by atoms with Crippen LogP contribution < -0.4 is 5.73 Å². The number of hydrogen-bond acceptors (Lipinski definition) is 2. The van der Waals surface area contributed by atoms with Gasteiger partial charge in [0.05, 0.1) is 6.10 Å². The van der Waals surface area contributed by atoms with Gasteiger partial charge in [-0.05, 0) is 55.9 Å². The third-order valence-electron chi connectivity index (χ3n) is 3.42. The molecule has 0 amide bonds. The van der Waals surface area contributed by atoms with Gasteiger partial charge < -0.3 is 10.5 Å². The topological polar surface area (TPSA) is 35.2 Å². The number of hydrogen-bond donors (Lipinski definition) is 1. The van der Waals surface area contributed by atoms with Crippen molar-refractivity contribution in [3.05, 3.63) is 32.7 Å². The molecule has 0 aromatic heterocycles. The highest BCUT2D eigenvalue weighted by Gasteiger charge is 2.16. The molecule has 1 heterocycles. The maximum Gasteiger partial charge on any atom is 0.0576 e. The quantitative estimate of drug-likeness (QED) is 0.817. The summed E-state index contributed by atoms with van der Waals surface area (Å²) in [4.78, 5) is 0. The molecule has 1 aromatic rings. The van der Waals surface area contributed by atoms with Crippen LogP contribution in [0.5, 0.6) is 0 Å². The third kappa shape index (κ3) is 4.05. The third-order valence-corrected chi connectivity index (χ3v) is 4.64. The molecule has 100 valence electrons. The number of rotatable bonds is 5. The second-order valence-corrected chi connectivity index (χ2v) is 6.61. The molecule has 1 saturated heterocycles. The van der Waals surface area contributed by atoms with Gasteiger partial charge in [0.15, 0.2) is 0 Å². The summed E-state index contributed by atoms with van der Waals surface area (Å²) in [6.45, 7) is 0.938. The molecule has 2 nitrogen and oxygen atoms in total. The van der Waals surface area contributed by atoms with E-state index in [1.807, 2.05) is 12.1 Å². The maximum absolute atomic E-state index is 6.26. The highest BCUT2D eigenvalue weighted by Crippen LogP contribution is 2.29. The van der Waals surface area contributed by atoms with Gasteiger partial charge in [0.2, 0.25) is 0 Å². The lowest BCUT2D eigenvalue weighted by Crippen LogP contribution is -2.12. The molecule has 0 radical (unpaired) electrons. The monoisotopic (exact) mass is 375 g/mol. The van der Waals surface area contributed by atoms with Crippen molar-refractivity contribution in [2.24, 2.45) is 5.73 Å². The molecule has 1 fully saturated rings. The van der Waals surface area contributed by atoms with E-state index in [2.05, 4.69) is 37.9 Å². The fourth-order valence-corrected chi connectivity index (χ4v) is 3.31. The van der Waals surface area contributed by atoms with E-state index in [9.17, 15) is 0 Å². The van der Waals surface area contributed by atoms with E-state index in [1.54, 1.807) is 0 Å². The largest absolute Gasteiger partial charge is 0.378 e. The number of ether oxygens (including phenoxy) is 1. The Balaban J connectivity index is 1.83. The zero-order valence-corrected chi connectivity index (χ0v) is 13.5. The average molecular weight is 377 g/mol. The average Bonchev–Trinajstić information content (AvgIpc) is 2.85. The molecule has 18 heavy (non-hydrogen) atoms. The lowest BCUT2D eigenvalue weighted by Gasteiger charge is -2.15. The van der Waals surface area contributed by atoms with Crippen molar-refractivity contribution in [3.8, 4) is 0 Å². The lowest BCUT2D eigenvalue weighted by atomic mass is 10.00. The van der Waals surface area contributed by atoms with Gasteiger partial charge in [0.25, 0.3) is 0 Å². The van der Waals surface area contributed by atoms with Gasteiger partial charge in [0, 0.05) is 21.6 Å². The van der Waals surface area contributed by atoms with E-state index in [0.29, 0.717) is 6.10 Å². The summed E-state index contributed by atoms with van der Waals surface area (Å²) in [5.41, 5.74) is 7.44. The Morgan fingerprint density at radius 1 is 1.39 bits per heavy atom. The normalized spacial score (nSPS) is 21.2. The molecular weight excluding hydrogens is 358 g/mol. The zero-order valence-electron chi connectivity index (χ0n) is 10.4. The fraction of sp³-hybridized carbons (Fsp3) is 0.571. The summed E-state index contributed by atoms with van der Waals surface area (Å²) in [6, 6.07) is 6.26. The van der Waals surface area contributed by atoms with Crippen LogP contribution in [0.2, 0.25) is 0 Å². The molecule has 0 aliphatic carbocycles. The minimum absolute atomic E-state index is 0.0956. The van der Waals surface area contributed by atoms with E-state index in [4.69, 9.17) is 10.5 Å². The minimum atomic E-state index is 0.0956. The predicted molar refractivity (Wildman–Crippen MR) is 81.6 cm³/mol. The van der Waals surface area contributed by atoms with Crippen molar-refractivity contribution in [2.45, 2.75) is 44.2 Å². The van der Waals surface area contributed by atoms with Crippen molar-refractivity contribution in [2.75, 3.05) is 6.61 Å². The Hall–Kier alpha value is 0.1000. The summed E-state index contributed by atoms with van der Waals surface area (Å²) >= 11 is 7.05. The number of nitrogens with two attached hydrogens (primary N) is 1. The Labute approximate surface area is 126 Å². The Morgan fingerprint density at radius 2 is 2.22 bits per heavy atom. The van der Waals surface area contributed by atoms with Gasteiger partial charge in [-0.3, -0.25) is 0 Å². The first-order valence-corrected chi connectivity index (χ1v) is 8.07. The van der Waals surface area contributed by atoms with E-state index < -0.39 is 0 Å². The van der Waals surface area contributed by atoms with Crippen LogP contribution in [0.1, 0.15) is 43.7 Å². The summed E-state index contributed by atoms with van der Waals surface area (Å²) in [5.74, 6) is 0. The van der Waals surface area contributed by atoms with Crippen LogP contribution >= 0.6 is 31.9 Å². The minimum Gasteiger partial charge on any atom is -0.378 e. The smallest absolute Gasteiger partial charge is 0.0576 e. The molecule has 4 heteroatoms. The van der Waals surface area contributed by atoms with Gasteiger partial charge in [-0.2, -0.15) is 0 Å². The second-order valence-electron chi connectivity index (χ2n) is 4.84. The Bertz CT molecular complexity index is 391. The van der Waals surface area contributed by atoms with Crippen LogP contribution in [0.25, 0.3) is 0 Å². The van der Waals surface area contributed by atoms with Crippen LogP contribution in [-0.2, 0) is 4.74 Å². The van der Waals surface area contributed by atoms with Crippen LogP contribution in [0.3, 0.4) is 0 Å². The van der Waals surface area contributed by atoms with E-state index >= 15 is 0 Å². The molecule has 0 saturated carbocycles. The van der Waals surface area contributed by atoms with Gasteiger partial charge in [-0.1, -0.05) is 31.9 Å². The standard InChI is InChI=1S/C14H19Br2NO/c15-10-6-7-13(16)12(9-10)14(17)5-1-3-11-4-2-8-18-11/h6-7,9,11,14H,1-5,8,17H2. The van der Waals surface area contributed by atoms with E-state index in [0.717, 1.165) is 34.8 Å². The van der Waals surface area contributed by atoms with Crippen LogP contribution in [0, 0.1) is 0 Å². The molecule has 2 N–H and O–H groups in total. The fourth-order valence-electron chi connectivity index (χ4n) is 2.39. The number of halogens is 2. The molecular formula is C14H19Br2NO. The molecule has 0 spiro atoms. The molecule has 2 rings (SSSR count). The number of benzene rings is 1. The van der Waals surface area contributed by atoms with Crippen molar-refractivity contribution in [1.82, 2.24) is 0 Å². The molecule has 1 aliphatic rings. The van der Waals surface area contributed by atoms with Crippen molar-refractivity contribution in [1.29, 1.82) is 0 Å². The second kappa shape index (κ2) is 7.04. The molecule has 1 aliphatic heterocycles. The lowest BCUT2D eigenvalue weighted by molar-refractivity contribution is 0.101. The molecule has 1 aromatic carbocycles. The maximum atomic E-state index is 6.26. The highest BCUT2D eigenvalue weighted by molar-refractivity contribution is 9.11. The van der Waals surface area contributed by atoms with Crippen LogP contribution in [0.15, 0.2) is 27.1 Å². The first kappa shape index (κ1) is 14.5. The van der Waals surface area contributed by atoms with Gasteiger partial charge >= 0.3 is 0 Å².